The molecule has 0 unspecified atom stereocenters. The van der Waals surface area contributed by atoms with E-state index in [4.69, 9.17) is 0 Å². The van der Waals surface area contributed by atoms with Crippen molar-refractivity contribution in [3.8, 4) is 0 Å². The van der Waals surface area contributed by atoms with Crippen LogP contribution in [-0.4, -0.2) is 35.8 Å². The number of hydrogen-bond donors (Lipinski definition) is 1. The minimum absolute atomic E-state index is 0.0114. The quantitative estimate of drug-likeness (QED) is 0.767. The Hall–Kier alpha value is -1.84. The van der Waals surface area contributed by atoms with E-state index in [1.807, 2.05) is 37.3 Å². The van der Waals surface area contributed by atoms with E-state index >= 15 is 0 Å². The first kappa shape index (κ1) is 19.5. The molecule has 1 fully saturated rings. The molecule has 0 aromatic heterocycles. The molecule has 0 aliphatic heterocycles. The van der Waals surface area contributed by atoms with E-state index in [0.29, 0.717) is 12.8 Å². The molecule has 1 N–H and O–H groups in total. The van der Waals surface area contributed by atoms with Crippen molar-refractivity contribution in [3.63, 3.8) is 0 Å². The first-order valence-corrected chi connectivity index (χ1v) is 9.71. The average Bonchev–Trinajstić information content (AvgIpc) is 2.88. The fourth-order valence-electron chi connectivity index (χ4n) is 3.53. The highest BCUT2D eigenvalue weighted by molar-refractivity contribution is 5.88. The molecule has 4 nitrogen and oxygen atoms in total. The molecule has 0 bridgehead atoms. The average molecular weight is 344 g/mol. The lowest BCUT2D eigenvalue weighted by molar-refractivity contribution is -0.139. The highest BCUT2D eigenvalue weighted by Crippen LogP contribution is 2.18. The van der Waals surface area contributed by atoms with Gasteiger partial charge in [0.25, 0.3) is 0 Å². The Balaban J connectivity index is 2.08. The molecule has 4 heteroatoms. The van der Waals surface area contributed by atoms with E-state index in [1.165, 1.54) is 25.7 Å². The lowest BCUT2D eigenvalue weighted by Gasteiger charge is -2.29. The molecule has 1 aromatic rings. The summed E-state index contributed by atoms with van der Waals surface area (Å²) in [6.07, 6.45) is 8.82. The van der Waals surface area contributed by atoms with Crippen molar-refractivity contribution >= 4 is 11.8 Å². The molecule has 1 aromatic carbocycles. The molecule has 138 valence electrons. The Morgan fingerprint density at radius 3 is 2.36 bits per heavy atom. The fourth-order valence-corrected chi connectivity index (χ4v) is 3.53. The number of nitrogens with one attached hydrogen (secondary N) is 1. The number of hydrogen-bond acceptors (Lipinski definition) is 2. The minimum atomic E-state index is -0.440. The van der Waals surface area contributed by atoms with Crippen LogP contribution in [0.4, 0.5) is 0 Å². The van der Waals surface area contributed by atoms with E-state index in [-0.39, 0.29) is 17.9 Å². The van der Waals surface area contributed by atoms with Crippen LogP contribution in [0.25, 0.3) is 0 Å². The molecular formula is C21H32N2O2. The number of nitrogens with zero attached hydrogens (tertiary/aromatic N) is 1. The van der Waals surface area contributed by atoms with Gasteiger partial charge < -0.3 is 10.2 Å². The van der Waals surface area contributed by atoms with Crippen molar-refractivity contribution < 1.29 is 9.59 Å². The molecule has 1 aliphatic rings. The molecule has 1 aliphatic carbocycles. The van der Waals surface area contributed by atoms with Crippen LogP contribution in [0.2, 0.25) is 0 Å². The maximum Gasteiger partial charge on any atom is 0.243 e. The van der Waals surface area contributed by atoms with Gasteiger partial charge in [0.2, 0.25) is 11.8 Å². The van der Waals surface area contributed by atoms with Crippen molar-refractivity contribution in [3.05, 3.63) is 35.9 Å². The third kappa shape index (κ3) is 6.18. The van der Waals surface area contributed by atoms with Crippen LogP contribution < -0.4 is 5.32 Å². The smallest absolute Gasteiger partial charge is 0.243 e. The topological polar surface area (TPSA) is 49.4 Å². The predicted molar refractivity (Wildman–Crippen MR) is 101 cm³/mol. The molecular weight excluding hydrogens is 312 g/mol. The van der Waals surface area contributed by atoms with Crippen LogP contribution >= 0.6 is 0 Å². The van der Waals surface area contributed by atoms with E-state index in [1.54, 1.807) is 11.9 Å². The molecule has 0 heterocycles. The number of rotatable bonds is 7. The summed E-state index contributed by atoms with van der Waals surface area (Å²) in [4.78, 5) is 27.0. The Labute approximate surface area is 152 Å². The van der Waals surface area contributed by atoms with Gasteiger partial charge >= 0.3 is 0 Å². The highest BCUT2D eigenvalue weighted by Gasteiger charge is 2.28. The third-order valence-electron chi connectivity index (χ3n) is 5.10. The summed E-state index contributed by atoms with van der Waals surface area (Å²) in [5.74, 6) is 0.0298. The second kappa shape index (κ2) is 10.2. The van der Waals surface area contributed by atoms with E-state index in [0.717, 1.165) is 24.8 Å². The fraction of sp³-hybridized carbons (Fsp3) is 0.619. The van der Waals surface area contributed by atoms with Gasteiger partial charge in [-0.25, -0.2) is 0 Å². The molecule has 0 spiro atoms. The standard InChI is InChI=1S/C21H32N2O2/c1-3-11-20(24)23(2)19(16-17-12-7-6-8-13-17)21(25)22-18-14-9-4-5-10-15-18/h6-8,12-13,18-19H,3-5,9-11,14-16H2,1-2H3,(H,22,25)/t19-/m1/s1. The lowest BCUT2D eigenvalue weighted by atomic mass is 10.0. The summed E-state index contributed by atoms with van der Waals surface area (Å²) in [5.41, 5.74) is 1.08. The predicted octanol–water partition coefficient (Wildman–Crippen LogP) is 3.70. The Morgan fingerprint density at radius 1 is 1.12 bits per heavy atom. The largest absolute Gasteiger partial charge is 0.352 e. The second-order valence-electron chi connectivity index (χ2n) is 7.16. The zero-order valence-corrected chi connectivity index (χ0v) is 15.7. The number of carbonyl (C=O) groups excluding carboxylic acids is 2. The van der Waals surface area contributed by atoms with Crippen molar-refractivity contribution in [1.29, 1.82) is 0 Å². The van der Waals surface area contributed by atoms with Crippen molar-refractivity contribution in [2.24, 2.45) is 0 Å². The van der Waals surface area contributed by atoms with Crippen LogP contribution in [0, 0.1) is 0 Å². The number of carbonyl (C=O) groups is 2. The van der Waals surface area contributed by atoms with Crippen LogP contribution in [-0.2, 0) is 16.0 Å². The zero-order chi connectivity index (χ0) is 18.1. The normalized spacial score (nSPS) is 16.7. The van der Waals surface area contributed by atoms with Crippen molar-refractivity contribution in [1.82, 2.24) is 10.2 Å². The van der Waals surface area contributed by atoms with E-state index < -0.39 is 6.04 Å². The van der Waals surface area contributed by atoms with Gasteiger partial charge in [0.1, 0.15) is 6.04 Å². The van der Waals surface area contributed by atoms with E-state index in [2.05, 4.69) is 5.32 Å². The summed E-state index contributed by atoms with van der Waals surface area (Å²) in [7, 11) is 1.76. The van der Waals surface area contributed by atoms with Gasteiger partial charge in [0.15, 0.2) is 0 Å². The second-order valence-corrected chi connectivity index (χ2v) is 7.16. The summed E-state index contributed by atoms with van der Waals surface area (Å²) >= 11 is 0. The Bertz CT molecular complexity index is 536. The molecule has 2 rings (SSSR count). The number of likely N-dealkylation sites (N-methyl/N-ethyl adjacent to an activating group) is 1. The van der Waals surface area contributed by atoms with Gasteiger partial charge in [-0.05, 0) is 24.8 Å². The van der Waals surface area contributed by atoms with Gasteiger partial charge in [0.05, 0.1) is 0 Å². The van der Waals surface area contributed by atoms with Crippen molar-refractivity contribution in [2.75, 3.05) is 7.05 Å². The molecule has 2 amide bonds. The van der Waals surface area contributed by atoms with Gasteiger partial charge in [-0.3, -0.25) is 9.59 Å². The summed E-state index contributed by atoms with van der Waals surface area (Å²) in [5, 5.41) is 3.22. The molecule has 1 atom stereocenters. The van der Waals surface area contributed by atoms with Gasteiger partial charge in [-0.2, -0.15) is 0 Å². The van der Waals surface area contributed by atoms with Crippen LogP contribution in [0.1, 0.15) is 63.9 Å². The zero-order valence-electron chi connectivity index (χ0n) is 15.7. The maximum atomic E-state index is 13.0. The van der Waals surface area contributed by atoms with Gasteiger partial charge in [-0.15, -0.1) is 0 Å². The first-order chi connectivity index (χ1) is 12.1. The molecule has 1 saturated carbocycles. The summed E-state index contributed by atoms with van der Waals surface area (Å²) in [6, 6.07) is 9.77. The van der Waals surface area contributed by atoms with Gasteiger partial charge in [-0.1, -0.05) is 62.9 Å². The number of amides is 2. The monoisotopic (exact) mass is 344 g/mol. The third-order valence-corrected chi connectivity index (χ3v) is 5.10. The first-order valence-electron chi connectivity index (χ1n) is 9.71. The lowest BCUT2D eigenvalue weighted by Crippen LogP contribution is -2.51. The highest BCUT2D eigenvalue weighted by atomic mass is 16.2. The SMILES string of the molecule is CCCC(=O)N(C)[C@H](Cc1ccccc1)C(=O)NC1CCCCCC1. The molecule has 25 heavy (non-hydrogen) atoms. The molecule has 0 radical (unpaired) electrons. The van der Waals surface area contributed by atoms with Crippen molar-refractivity contribution in [2.45, 2.75) is 76.8 Å². The Kier molecular flexibility index (Phi) is 7.96. The van der Waals surface area contributed by atoms with E-state index in [9.17, 15) is 9.59 Å². The summed E-state index contributed by atoms with van der Waals surface area (Å²) in [6.45, 7) is 1.99. The minimum Gasteiger partial charge on any atom is -0.352 e. The maximum absolute atomic E-state index is 13.0. The summed E-state index contributed by atoms with van der Waals surface area (Å²) < 4.78 is 0. The molecule has 0 saturated heterocycles. The van der Waals surface area contributed by atoms with Crippen LogP contribution in [0.15, 0.2) is 30.3 Å². The van der Waals surface area contributed by atoms with Crippen LogP contribution in [0.3, 0.4) is 0 Å². The number of benzene rings is 1. The van der Waals surface area contributed by atoms with Gasteiger partial charge in [0, 0.05) is 25.9 Å². The Morgan fingerprint density at radius 2 is 1.76 bits per heavy atom. The van der Waals surface area contributed by atoms with Crippen LogP contribution in [0.5, 0.6) is 0 Å².